The molecular weight excluding hydrogens is 326 g/mol. The van der Waals surface area contributed by atoms with Gasteiger partial charge in [0.15, 0.2) is 11.5 Å². The Morgan fingerprint density at radius 1 is 0.895 bits per heavy atom. The van der Waals surface area contributed by atoms with E-state index in [1.165, 1.54) is 0 Å². The minimum atomic E-state index is -4.92. The molecule has 0 amide bonds. The first-order valence-electron chi connectivity index (χ1n) is 3.54. The van der Waals surface area contributed by atoms with Gasteiger partial charge in [0.05, 0.1) is 4.90 Å². The molecule has 0 saturated carbocycles. The largest absolute Gasteiger partial charge is 1.00 e. The molecular formula is C6H10Na2O9S2. The summed E-state index contributed by atoms with van der Waals surface area (Å²) in [6, 6.07) is 0.735. The van der Waals surface area contributed by atoms with Crippen LogP contribution in [-0.4, -0.2) is 41.6 Å². The zero-order chi connectivity index (χ0) is 12.7. The second kappa shape index (κ2) is 8.14. The topological polar surface area (TPSA) is 181 Å². The maximum absolute atomic E-state index is 10.7. The number of phenolic OH excluding ortho intramolecular Hbond substituents is 2. The van der Waals surface area contributed by atoms with Gasteiger partial charge in [0.1, 0.15) is 4.90 Å². The molecule has 0 unspecified atom stereocenters. The summed E-state index contributed by atoms with van der Waals surface area (Å²) in [6.45, 7) is 0. The van der Waals surface area contributed by atoms with Crippen LogP contribution in [0.1, 0.15) is 2.85 Å². The van der Waals surface area contributed by atoms with Crippen LogP contribution in [0.2, 0.25) is 0 Å². The first kappa shape index (κ1) is 24.6. The van der Waals surface area contributed by atoms with Crippen molar-refractivity contribution in [2.45, 2.75) is 9.79 Å². The van der Waals surface area contributed by atoms with E-state index in [2.05, 4.69) is 0 Å². The Labute approximate surface area is 156 Å². The monoisotopic (exact) mass is 336 g/mol. The van der Waals surface area contributed by atoms with Crippen LogP contribution in [0.25, 0.3) is 0 Å². The summed E-state index contributed by atoms with van der Waals surface area (Å²) in [5.74, 6) is -2.32. The Morgan fingerprint density at radius 2 is 1.32 bits per heavy atom. The van der Waals surface area contributed by atoms with E-state index in [4.69, 9.17) is 19.3 Å². The van der Waals surface area contributed by atoms with Gasteiger partial charge in [-0.15, -0.1) is 0 Å². The van der Waals surface area contributed by atoms with Gasteiger partial charge in [0.2, 0.25) is 0 Å². The fourth-order valence-electron chi connectivity index (χ4n) is 0.914. The van der Waals surface area contributed by atoms with Crippen molar-refractivity contribution in [3.05, 3.63) is 12.1 Å². The van der Waals surface area contributed by atoms with Crippen molar-refractivity contribution in [3.63, 3.8) is 0 Å². The van der Waals surface area contributed by atoms with Gasteiger partial charge in [-0.1, -0.05) is 0 Å². The van der Waals surface area contributed by atoms with Crippen molar-refractivity contribution >= 4 is 20.2 Å². The van der Waals surface area contributed by atoms with Gasteiger partial charge >= 0.3 is 59.1 Å². The average Bonchev–Trinajstić information content (AvgIpc) is 2.05. The normalized spacial score (nSPS) is 10.6. The van der Waals surface area contributed by atoms with E-state index in [1.807, 2.05) is 0 Å². The molecule has 0 aliphatic heterocycles. The number of rotatable bonds is 2. The Bertz CT molecular complexity index is 646. The third kappa shape index (κ3) is 6.27. The second-order valence-corrected chi connectivity index (χ2v) is 5.55. The Kier molecular flexibility index (Phi) is 10.5. The van der Waals surface area contributed by atoms with E-state index < -0.39 is 41.5 Å². The van der Waals surface area contributed by atoms with Crippen LogP contribution in [0.5, 0.6) is 11.5 Å². The van der Waals surface area contributed by atoms with Crippen molar-refractivity contribution in [2.24, 2.45) is 0 Å². The molecule has 9 nitrogen and oxygen atoms in total. The summed E-state index contributed by atoms with van der Waals surface area (Å²) >= 11 is 0. The number of aromatic hydroxyl groups is 2. The Morgan fingerprint density at radius 3 is 1.63 bits per heavy atom. The van der Waals surface area contributed by atoms with Gasteiger partial charge in [0.25, 0.3) is 20.2 Å². The number of benzene rings is 1. The summed E-state index contributed by atoms with van der Waals surface area (Å²) in [7, 11) is -9.70. The van der Waals surface area contributed by atoms with Crippen molar-refractivity contribution in [3.8, 4) is 11.5 Å². The van der Waals surface area contributed by atoms with Gasteiger partial charge < -0.3 is 18.5 Å². The molecule has 0 spiro atoms. The molecule has 19 heavy (non-hydrogen) atoms. The number of hydrogen-bond acceptors (Lipinski definition) is 6. The fourth-order valence-corrected chi connectivity index (χ4v) is 2.14. The van der Waals surface area contributed by atoms with E-state index in [0.29, 0.717) is 12.1 Å². The zero-order valence-corrected chi connectivity index (χ0v) is 15.5. The Hall–Kier alpha value is 0.600. The molecule has 0 aliphatic rings. The van der Waals surface area contributed by atoms with Crippen LogP contribution in [-0.2, 0) is 20.2 Å². The average molecular weight is 336 g/mol. The van der Waals surface area contributed by atoms with Crippen LogP contribution < -0.4 is 59.1 Å². The van der Waals surface area contributed by atoms with Gasteiger partial charge in [-0.05, 0) is 6.07 Å². The summed E-state index contributed by atoms with van der Waals surface area (Å²) < 4.78 is 59.9. The van der Waals surface area contributed by atoms with Crippen molar-refractivity contribution in [2.75, 3.05) is 0 Å². The van der Waals surface area contributed by atoms with E-state index in [9.17, 15) is 16.8 Å². The molecule has 0 heterocycles. The molecule has 0 atom stereocenters. The molecule has 1 aromatic rings. The zero-order valence-electron chi connectivity index (χ0n) is 11.9. The molecule has 1 rings (SSSR count). The maximum atomic E-state index is 10.7. The summed E-state index contributed by atoms with van der Waals surface area (Å²) in [5.41, 5.74) is 0. The van der Waals surface area contributed by atoms with Crippen molar-refractivity contribution < 1.29 is 104 Å². The molecule has 0 radical (unpaired) electrons. The van der Waals surface area contributed by atoms with E-state index in [0.717, 1.165) is 0 Å². The summed E-state index contributed by atoms with van der Waals surface area (Å²) in [6.07, 6.45) is 0. The van der Waals surface area contributed by atoms with Crippen LogP contribution in [0, 0.1) is 0 Å². The van der Waals surface area contributed by atoms with Gasteiger partial charge in [-0.25, -0.2) is 0 Å². The van der Waals surface area contributed by atoms with E-state index in [-0.39, 0.29) is 67.4 Å². The molecule has 0 saturated heterocycles. The molecule has 0 aliphatic carbocycles. The smallest absolute Gasteiger partial charge is 1.00 e. The molecule has 0 aromatic heterocycles. The third-order valence-corrected chi connectivity index (χ3v) is 3.30. The number of phenols is 2. The van der Waals surface area contributed by atoms with Crippen LogP contribution in [0.4, 0.5) is 0 Å². The minimum absolute atomic E-state index is 0. The standard InChI is InChI=1S/C6H6O8S2.2Na.H2O.2H/c7-4-1-3(15(9,10)11)2-5(6(4)8)16(12,13)14;;;;;/h1-2,7-8H,(H,9,10,11)(H,12,13,14);;;1H2;;/q;2*+1;;2*-1. The molecule has 13 heteroatoms. The quantitative estimate of drug-likeness (QED) is 0.233. The predicted molar refractivity (Wildman–Crippen MR) is 55.2 cm³/mol. The fraction of sp³-hybridized carbons (Fsp3) is 0. The van der Waals surface area contributed by atoms with Crippen LogP contribution in [0.15, 0.2) is 21.9 Å². The molecule has 6 N–H and O–H groups in total. The van der Waals surface area contributed by atoms with Gasteiger partial charge in [-0.3, -0.25) is 9.11 Å². The van der Waals surface area contributed by atoms with Crippen LogP contribution in [0.3, 0.4) is 0 Å². The molecule has 0 fully saturated rings. The molecule has 0 bridgehead atoms. The Balaban J connectivity index is -0.000000171. The molecule has 102 valence electrons. The predicted octanol–water partition coefficient (Wildman–Crippen LogP) is -7.00. The van der Waals surface area contributed by atoms with Crippen molar-refractivity contribution in [1.82, 2.24) is 0 Å². The second-order valence-electron chi connectivity index (χ2n) is 2.74. The van der Waals surface area contributed by atoms with Gasteiger partial charge in [0, 0.05) is 6.07 Å². The van der Waals surface area contributed by atoms with Gasteiger partial charge in [-0.2, -0.15) is 16.8 Å². The summed E-state index contributed by atoms with van der Waals surface area (Å²) in [4.78, 5) is -2.20. The maximum Gasteiger partial charge on any atom is 1.00 e. The van der Waals surface area contributed by atoms with Crippen LogP contribution >= 0.6 is 0 Å². The first-order chi connectivity index (χ1) is 7.03. The summed E-state index contributed by atoms with van der Waals surface area (Å²) in [5, 5.41) is 18.1. The SMILES string of the molecule is O.O=S(=O)(O)c1cc(O)c(O)c(S(=O)(=O)O)c1.[H-].[H-].[Na+].[Na+]. The first-order valence-corrected chi connectivity index (χ1v) is 6.42. The third-order valence-electron chi connectivity index (χ3n) is 1.60. The van der Waals surface area contributed by atoms with E-state index >= 15 is 0 Å². The minimum Gasteiger partial charge on any atom is -1.00 e. The van der Waals surface area contributed by atoms with E-state index in [1.54, 1.807) is 0 Å². The molecule has 1 aromatic carbocycles. The number of hydrogen-bond donors (Lipinski definition) is 4. The van der Waals surface area contributed by atoms with Crippen molar-refractivity contribution in [1.29, 1.82) is 0 Å².